The normalized spacial score (nSPS) is 12.1. The molecule has 0 aliphatic rings. The van der Waals surface area contributed by atoms with Crippen molar-refractivity contribution in [2.75, 3.05) is 11.9 Å². The molecule has 0 saturated heterocycles. The molecule has 1 amide bonds. The summed E-state index contributed by atoms with van der Waals surface area (Å²) in [6.07, 6.45) is -4.95. The molecule has 3 rings (SSSR count). The first kappa shape index (κ1) is 22.4. The van der Waals surface area contributed by atoms with Gasteiger partial charge >= 0.3 is 6.30 Å². The topological polar surface area (TPSA) is 98.3 Å². The Bertz CT molecular complexity index is 1250. The van der Waals surface area contributed by atoms with E-state index in [2.05, 4.69) is 5.10 Å². The smallest absolute Gasteiger partial charge is 0.316 e. The fourth-order valence-corrected chi connectivity index (χ4v) is 3.34. The number of carbonyl (C=O) groups excluding carboxylic acids is 1. The van der Waals surface area contributed by atoms with Gasteiger partial charge in [-0.05, 0) is 36.4 Å². The summed E-state index contributed by atoms with van der Waals surface area (Å²) < 4.78 is 77.8. The van der Waals surface area contributed by atoms with Crippen molar-refractivity contribution in [3.05, 3.63) is 54.3 Å². The molecule has 31 heavy (non-hydrogen) atoms. The first-order chi connectivity index (χ1) is 14.3. The Labute approximate surface area is 174 Å². The van der Waals surface area contributed by atoms with Gasteiger partial charge in [-0.2, -0.15) is 9.78 Å². The van der Waals surface area contributed by atoms with Crippen molar-refractivity contribution in [2.24, 2.45) is 5.14 Å². The van der Waals surface area contributed by atoms with Crippen molar-refractivity contribution in [1.82, 2.24) is 9.78 Å². The number of nitrogens with two attached hydrogens (primary N) is 1. The molecule has 0 aliphatic carbocycles. The van der Waals surface area contributed by atoms with E-state index in [0.29, 0.717) is 0 Å². The van der Waals surface area contributed by atoms with Crippen LogP contribution >= 0.6 is 0 Å². The summed E-state index contributed by atoms with van der Waals surface area (Å²) in [5.74, 6) is -1.36. The second kappa shape index (κ2) is 7.78. The Morgan fingerprint density at radius 1 is 1.10 bits per heavy atom. The van der Waals surface area contributed by atoms with E-state index >= 15 is 0 Å². The molecule has 0 spiro atoms. The molecule has 3 aromatic rings. The van der Waals surface area contributed by atoms with Crippen LogP contribution in [-0.4, -0.2) is 31.2 Å². The highest BCUT2D eigenvalue weighted by atomic mass is 32.2. The third-order valence-corrected chi connectivity index (χ3v) is 5.45. The largest absolute Gasteiger partial charge is 0.505 e. The minimum Gasteiger partial charge on any atom is -0.316 e. The summed E-state index contributed by atoms with van der Waals surface area (Å²) in [6, 6.07) is 9.16. The standard InChI is InChI=1S/C19H16F4N4O3S/c1-11(28)26(2)13-5-8-15(16(20)9-13)18-10-17(25-27(18)19(21,22)23)12-3-6-14(7-4-12)31(24,29)30/h3-10H,1-2H3,(H2,24,29,30). The lowest BCUT2D eigenvalue weighted by Gasteiger charge is -2.16. The Kier molecular flexibility index (Phi) is 5.63. The highest BCUT2D eigenvalue weighted by Gasteiger charge is 2.36. The molecule has 0 aliphatic heterocycles. The van der Waals surface area contributed by atoms with E-state index in [1.807, 2.05) is 0 Å². The van der Waals surface area contributed by atoms with Crippen molar-refractivity contribution in [3.63, 3.8) is 0 Å². The molecule has 0 saturated carbocycles. The minimum absolute atomic E-state index is 0.155. The fourth-order valence-electron chi connectivity index (χ4n) is 2.82. The molecule has 7 nitrogen and oxygen atoms in total. The molecule has 2 aromatic carbocycles. The van der Waals surface area contributed by atoms with Crippen LogP contribution in [-0.2, 0) is 21.1 Å². The van der Waals surface area contributed by atoms with E-state index in [9.17, 15) is 30.8 Å². The fraction of sp³-hybridized carbons (Fsp3) is 0.158. The Morgan fingerprint density at radius 2 is 1.71 bits per heavy atom. The second-order valence-electron chi connectivity index (χ2n) is 6.61. The van der Waals surface area contributed by atoms with Gasteiger partial charge in [-0.3, -0.25) is 4.79 Å². The lowest BCUT2D eigenvalue weighted by Crippen LogP contribution is -2.23. The number of anilines is 1. The molecule has 2 N–H and O–H groups in total. The molecule has 12 heteroatoms. The average Bonchev–Trinajstić information content (AvgIpc) is 3.12. The van der Waals surface area contributed by atoms with Gasteiger partial charge in [0, 0.05) is 30.8 Å². The maximum atomic E-state index is 14.7. The number of hydrogen-bond acceptors (Lipinski definition) is 4. The lowest BCUT2D eigenvalue weighted by atomic mass is 10.1. The second-order valence-corrected chi connectivity index (χ2v) is 8.17. The summed E-state index contributed by atoms with van der Waals surface area (Å²) in [5.41, 5.74) is -0.751. The van der Waals surface area contributed by atoms with Crippen LogP contribution in [0.15, 0.2) is 53.4 Å². The molecule has 164 valence electrons. The van der Waals surface area contributed by atoms with Crippen LogP contribution in [0.25, 0.3) is 22.5 Å². The number of sulfonamides is 1. The number of alkyl halides is 3. The molecular weight excluding hydrogens is 440 g/mol. The number of nitrogens with zero attached hydrogens (tertiary/aromatic N) is 3. The summed E-state index contributed by atoms with van der Waals surface area (Å²) in [4.78, 5) is 12.4. The third-order valence-electron chi connectivity index (χ3n) is 4.52. The van der Waals surface area contributed by atoms with E-state index in [-0.39, 0.29) is 38.0 Å². The van der Waals surface area contributed by atoms with Crippen LogP contribution in [0.3, 0.4) is 0 Å². The van der Waals surface area contributed by atoms with Crippen LogP contribution in [0.5, 0.6) is 0 Å². The van der Waals surface area contributed by atoms with Crippen molar-refractivity contribution in [3.8, 4) is 22.5 Å². The van der Waals surface area contributed by atoms with Gasteiger partial charge in [0.25, 0.3) is 0 Å². The maximum Gasteiger partial charge on any atom is 0.505 e. The predicted octanol–water partition coefficient (Wildman–Crippen LogP) is 3.46. The SMILES string of the molecule is CC(=O)N(C)c1ccc(-c2cc(-c3ccc(S(N)(=O)=O)cc3)nn2C(F)(F)F)c(F)c1. The van der Waals surface area contributed by atoms with Crippen LogP contribution in [0.2, 0.25) is 0 Å². The van der Waals surface area contributed by atoms with Gasteiger partial charge in [-0.15, -0.1) is 13.2 Å². The van der Waals surface area contributed by atoms with Crippen LogP contribution in [0.1, 0.15) is 6.92 Å². The zero-order valence-electron chi connectivity index (χ0n) is 16.2. The van der Waals surface area contributed by atoms with Gasteiger partial charge in [-0.25, -0.2) is 17.9 Å². The Morgan fingerprint density at radius 3 is 2.19 bits per heavy atom. The van der Waals surface area contributed by atoms with Gasteiger partial charge < -0.3 is 4.90 Å². The third kappa shape index (κ3) is 4.59. The van der Waals surface area contributed by atoms with Crippen molar-refractivity contribution in [1.29, 1.82) is 0 Å². The van der Waals surface area contributed by atoms with E-state index in [1.165, 1.54) is 32.2 Å². The number of benzene rings is 2. The summed E-state index contributed by atoms with van der Waals surface area (Å²) in [5, 5.41) is 8.54. The van der Waals surface area contributed by atoms with Gasteiger partial charge in [-0.1, -0.05) is 12.1 Å². The quantitative estimate of drug-likeness (QED) is 0.608. The van der Waals surface area contributed by atoms with E-state index in [1.54, 1.807) is 0 Å². The molecule has 0 atom stereocenters. The van der Waals surface area contributed by atoms with Crippen LogP contribution in [0, 0.1) is 5.82 Å². The van der Waals surface area contributed by atoms with Crippen molar-refractivity contribution in [2.45, 2.75) is 18.1 Å². The first-order valence-corrected chi connectivity index (χ1v) is 10.2. The van der Waals surface area contributed by atoms with E-state index in [0.717, 1.165) is 35.2 Å². The number of primary sulfonamides is 1. The lowest BCUT2D eigenvalue weighted by molar-refractivity contribution is -0.210. The molecular formula is C19H16F4N4O3S. The van der Waals surface area contributed by atoms with Crippen LogP contribution in [0.4, 0.5) is 23.2 Å². The van der Waals surface area contributed by atoms with Crippen molar-refractivity contribution >= 4 is 21.6 Å². The van der Waals surface area contributed by atoms with E-state index < -0.39 is 27.8 Å². The van der Waals surface area contributed by atoms with Gasteiger partial charge in [0.15, 0.2) is 0 Å². The highest BCUT2D eigenvalue weighted by molar-refractivity contribution is 7.89. The molecule has 0 unspecified atom stereocenters. The molecule has 1 heterocycles. The number of hydrogen-bond donors (Lipinski definition) is 1. The number of aromatic nitrogens is 2. The average molecular weight is 456 g/mol. The number of amides is 1. The minimum atomic E-state index is -4.95. The zero-order chi connectivity index (χ0) is 23.1. The molecule has 0 bridgehead atoms. The van der Waals surface area contributed by atoms with E-state index in [4.69, 9.17) is 5.14 Å². The maximum absolute atomic E-state index is 14.7. The number of halogens is 4. The number of rotatable bonds is 4. The predicted molar refractivity (Wildman–Crippen MR) is 105 cm³/mol. The molecule has 1 aromatic heterocycles. The molecule has 0 fully saturated rings. The summed E-state index contributed by atoms with van der Waals surface area (Å²) in [6.45, 7) is 1.26. The first-order valence-electron chi connectivity index (χ1n) is 8.64. The monoisotopic (exact) mass is 456 g/mol. The Balaban J connectivity index is 2.11. The van der Waals surface area contributed by atoms with Gasteiger partial charge in [0.05, 0.1) is 16.3 Å². The molecule has 0 radical (unpaired) electrons. The Hall–Kier alpha value is -3.25. The van der Waals surface area contributed by atoms with Crippen LogP contribution < -0.4 is 10.0 Å². The number of carbonyl (C=O) groups is 1. The van der Waals surface area contributed by atoms with Crippen molar-refractivity contribution < 1.29 is 30.8 Å². The van der Waals surface area contributed by atoms with Gasteiger partial charge in [0.2, 0.25) is 15.9 Å². The summed E-state index contributed by atoms with van der Waals surface area (Å²) in [7, 11) is -2.57. The zero-order valence-corrected chi connectivity index (χ0v) is 17.0. The summed E-state index contributed by atoms with van der Waals surface area (Å²) >= 11 is 0. The van der Waals surface area contributed by atoms with Gasteiger partial charge in [0.1, 0.15) is 5.82 Å². The highest BCUT2D eigenvalue weighted by Crippen LogP contribution is 2.35.